The number of rotatable bonds is 3. The highest BCUT2D eigenvalue weighted by atomic mass is 16.2. The quantitative estimate of drug-likeness (QED) is 0.847. The number of carbonyl (C=O) groups excluding carboxylic acids is 2. The molecule has 0 aliphatic heterocycles. The van der Waals surface area contributed by atoms with Crippen LogP contribution in [0.2, 0.25) is 0 Å². The molecule has 4 aliphatic carbocycles. The van der Waals surface area contributed by atoms with Gasteiger partial charge < -0.3 is 10.3 Å². The number of aromatic nitrogens is 1. The molecule has 4 heteroatoms. The molecule has 1 amide bonds. The highest BCUT2D eigenvalue weighted by molar-refractivity contribution is 6.09. The van der Waals surface area contributed by atoms with Crippen LogP contribution in [0.1, 0.15) is 59.4 Å². The molecule has 4 nitrogen and oxygen atoms in total. The third-order valence-electron chi connectivity index (χ3n) is 6.51. The summed E-state index contributed by atoms with van der Waals surface area (Å²) in [7, 11) is 0. The zero-order valence-corrected chi connectivity index (χ0v) is 13.7. The molecule has 1 aromatic heterocycles. The van der Waals surface area contributed by atoms with E-state index in [1.165, 1.54) is 19.3 Å². The first kappa shape index (κ1) is 14.3. The summed E-state index contributed by atoms with van der Waals surface area (Å²) < 4.78 is 0. The first-order valence-electron chi connectivity index (χ1n) is 9.04. The molecule has 2 N–H and O–H groups in total. The minimum Gasteiger partial charge on any atom is -0.350 e. The predicted octanol–water partition coefficient (Wildman–Crippen LogP) is 3.68. The number of benzene rings is 1. The summed E-state index contributed by atoms with van der Waals surface area (Å²) in [5.74, 6) is 2.23. The van der Waals surface area contributed by atoms with Crippen LogP contribution in [0.3, 0.4) is 0 Å². The average molecular weight is 322 g/mol. The molecule has 0 radical (unpaired) electrons. The van der Waals surface area contributed by atoms with Crippen molar-refractivity contribution in [2.45, 2.75) is 44.1 Å². The first-order chi connectivity index (χ1) is 11.7. The lowest BCUT2D eigenvalue weighted by Gasteiger charge is -2.56. The van der Waals surface area contributed by atoms with E-state index >= 15 is 0 Å². The highest BCUT2D eigenvalue weighted by Gasteiger charge is 2.51. The molecule has 4 bridgehead atoms. The molecule has 4 aliphatic rings. The van der Waals surface area contributed by atoms with Gasteiger partial charge in [-0.15, -0.1) is 0 Å². The molecule has 0 unspecified atom stereocenters. The van der Waals surface area contributed by atoms with E-state index in [-0.39, 0.29) is 11.4 Å². The maximum absolute atomic E-state index is 13.0. The maximum Gasteiger partial charge on any atom is 0.268 e. The standard InChI is InChI=1S/C20H22N2O2/c23-11-16-15-3-1-2-4-17(15)21-18(16)19(24)22-20-8-12-5-13(9-20)7-14(6-12)10-20/h1-4,11-14,21H,5-10H2,(H,22,24). The number of aldehydes is 1. The van der Waals surface area contributed by atoms with E-state index in [2.05, 4.69) is 10.3 Å². The summed E-state index contributed by atoms with van der Waals surface area (Å²) in [6, 6.07) is 7.60. The first-order valence-corrected chi connectivity index (χ1v) is 9.04. The van der Waals surface area contributed by atoms with Crippen LogP contribution in [0, 0.1) is 17.8 Å². The second-order valence-corrected chi connectivity index (χ2v) is 8.23. The summed E-state index contributed by atoms with van der Waals surface area (Å²) in [5.41, 5.74) is 1.70. The second-order valence-electron chi connectivity index (χ2n) is 8.23. The number of nitrogens with one attached hydrogen (secondary N) is 2. The minimum absolute atomic E-state index is 0.0384. The van der Waals surface area contributed by atoms with Gasteiger partial charge in [0.05, 0.1) is 5.56 Å². The maximum atomic E-state index is 13.0. The number of fused-ring (bicyclic) bond motifs is 1. The Morgan fingerprint density at radius 2 is 1.71 bits per heavy atom. The van der Waals surface area contributed by atoms with Crippen LogP contribution in [0.25, 0.3) is 10.9 Å². The van der Waals surface area contributed by atoms with Crippen molar-refractivity contribution in [3.63, 3.8) is 0 Å². The van der Waals surface area contributed by atoms with Crippen LogP contribution < -0.4 is 5.32 Å². The van der Waals surface area contributed by atoms with E-state index in [0.29, 0.717) is 11.3 Å². The Morgan fingerprint density at radius 3 is 2.33 bits per heavy atom. The monoisotopic (exact) mass is 322 g/mol. The zero-order valence-electron chi connectivity index (χ0n) is 13.7. The van der Waals surface area contributed by atoms with Gasteiger partial charge in [0, 0.05) is 16.4 Å². The largest absolute Gasteiger partial charge is 0.350 e. The lowest BCUT2D eigenvalue weighted by molar-refractivity contribution is -0.0167. The molecule has 1 heterocycles. The van der Waals surface area contributed by atoms with Crippen LogP contribution in [-0.2, 0) is 0 Å². The van der Waals surface area contributed by atoms with Crippen molar-refractivity contribution in [1.82, 2.24) is 10.3 Å². The van der Waals surface area contributed by atoms with Crippen molar-refractivity contribution in [3.8, 4) is 0 Å². The van der Waals surface area contributed by atoms with Gasteiger partial charge in [-0.05, 0) is 62.3 Å². The number of aromatic amines is 1. The summed E-state index contributed by atoms with van der Waals surface area (Å²) in [6.07, 6.45) is 8.18. The fourth-order valence-electron chi connectivity index (χ4n) is 6.03. The van der Waals surface area contributed by atoms with Crippen LogP contribution in [0.5, 0.6) is 0 Å². The lowest BCUT2D eigenvalue weighted by Crippen LogP contribution is -2.59. The van der Waals surface area contributed by atoms with Crippen molar-refractivity contribution < 1.29 is 9.59 Å². The normalized spacial score (nSPS) is 33.8. The second kappa shape index (κ2) is 4.95. The molecule has 4 saturated carbocycles. The smallest absolute Gasteiger partial charge is 0.268 e. The van der Waals surface area contributed by atoms with Crippen LogP contribution >= 0.6 is 0 Å². The van der Waals surface area contributed by atoms with E-state index in [4.69, 9.17) is 0 Å². The Morgan fingerprint density at radius 1 is 1.08 bits per heavy atom. The van der Waals surface area contributed by atoms with Crippen molar-refractivity contribution in [2.75, 3.05) is 0 Å². The van der Waals surface area contributed by atoms with Crippen molar-refractivity contribution in [2.24, 2.45) is 17.8 Å². The molecule has 4 fully saturated rings. The van der Waals surface area contributed by atoms with E-state index in [9.17, 15) is 9.59 Å². The van der Waals surface area contributed by atoms with Crippen molar-refractivity contribution in [3.05, 3.63) is 35.5 Å². The van der Waals surface area contributed by atoms with Gasteiger partial charge in [0.15, 0.2) is 6.29 Å². The fraction of sp³-hybridized carbons (Fsp3) is 0.500. The van der Waals surface area contributed by atoms with E-state index in [1.807, 2.05) is 24.3 Å². The number of hydrogen-bond donors (Lipinski definition) is 2. The van der Waals surface area contributed by atoms with Gasteiger partial charge in [0.1, 0.15) is 5.69 Å². The molecular weight excluding hydrogens is 300 g/mol. The van der Waals surface area contributed by atoms with Gasteiger partial charge >= 0.3 is 0 Å². The molecular formula is C20H22N2O2. The Bertz CT molecular complexity index is 800. The molecule has 2 aromatic rings. The van der Waals surface area contributed by atoms with Gasteiger partial charge in [-0.3, -0.25) is 9.59 Å². The van der Waals surface area contributed by atoms with Gasteiger partial charge in [0.2, 0.25) is 0 Å². The predicted molar refractivity (Wildman–Crippen MR) is 92.1 cm³/mol. The SMILES string of the molecule is O=Cc1c(C(=O)NC23CC4CC(CC(C4)C2)C3)[nH]c2ccccc12. The van der Waals surface area contributed by atoms with Gasteiger partial charge in [-0.25, -0.2) is 0 Å². The minimum atomic E-state index is -0.116. The Labute approximate surface area is 141 Å². The molecule has 6 rings (SSSR count). The average Bonchev–Trinajstić information content (AvgIpc) is 2.91. The molecule has 124 valence electrons. The summed E-state index contributed by atoms with van der Waals surface area (Å²) in [6.45, 7) is 0. The number of para-hydroxylation sites is 1. The zero-order chi connectivity index (χ0) is 16.3. The number of H-pyrrole nitrogens is 1. The molecule has 24 heavy (non-hydrogen) atoms. The summed E-state index contributed by atoms with van der Waals surface area (Å²) in [5, 5.41) is 4.17. The molecule has 0 saturated heterocycles. The third-order valence-corrected chi connectivity index (χ3v) is 6.51. The van der Waals surface area contributed by atoms with E-state index in [0.717, 1.165) is 54.2 Å². The van der Waals surface area contributed by atoms with Gasteiger partial charge in [-0.1, -0.05) is 18.2 Å². The molecule has 0 spiro atoms. The molecule has 0 atom stereocenters. The Hall–Kier alpha value is -2.10. The fourth-order valence-corrected chi connectivity index (χ4v) is 6.03. The van der Waals surface area contributed by atoms with Crippen molar-refractivity contribution in [1.29, 1.82) is 0 Å². The number of hydrogen-bond acceptors (Lipinski definition) is 2. The van der Waals surface area contributed by atoms with Crippen molar-refractivity contribution >= 4 is 23.1 Å². The summed E-state index contributed by atoms with van der Waals surface area (Å²) in [4.78, 5) is 27.7. The third kappa shape index (κ3) is 2.05. The van der Waals surface area contributed by atoms with Crippen LogP contribution in [0.4, 0.5) is 0 Å². The molecule has 1 aromatic carbocycles. The lowest BCUT2D eigenvalue weighted by atomic mass is 9.53. The number of carbonyl (C=O) groups is 2. The van der Waals surface area contributed by atoms with E-state index < -0.39 is 0 Å². The van der Waals surface area contributed by atoms with E-state index in [1.54, 1.807) is 0 Å². The summed E-state index contributed by atoms with van der Waals surface area (Å²) >= 11 is 0. The Balaban J connectivity index is 1.48. The van der Waals surface area contributed by atoms with Crippen LogP contribution in [-0.4, -0.2) is 22.7 Å². The van der Waals surface area contributed by atoms with Crippen LogP contribution in [0.15, 0.2) is 24.3 Å². The Kier molecular flexibility index (Phi) is 2.94. The van der Waals surface area contributed by atoms with Gasteiger partial charge in [-0.2, -0.15) is 0 Å². The number of amides is 1. The topological polar surface area (TPSA) is 62.0 Å². The van der Waals surface area contributed by atoms with Gasteiger partial charge in [0.25, 0.3) is 5.91 Å². The highest BCUT2D eigenvalue weighted by Crippen LogP contribution is 2.55.